The minimum absolute atomic E-state index is 0.162. The molecule has 0 aliphatic carbocycles. The van der Waals surface area contributed by atoms with Gasteiger partial charge in [-0.05, 0) is 23.4 Å². The molecule has 8 heteroatoms. The Morgan fingerprint density at radius 3 is 3.06 bits per heavy atom. The molecular formula is C8H7BrN6O. The number of aromatic hydroxyl groups is 1. The summed E-state index contributed by atoms with van der Waals surface area (Å²) in [6, 6.07) is 5.10. The number of halogens is 1. The molecule has 0 spiro atoms. The quantitative estimate of drug-likeness (QED) is 0.841. The zero-order valence-corrected chi connectivity index (χ0v) is 9.59. The summed E-state index contributed by atoms with van der Waals surface area (Å²) in [5.74, 6) is 0.338. The van der Waals surface area contributed by atoms with Crippen LogP contribution >= 0.6 is 15.9 Å². The molecular weight excluding hydrogens is 276 g/mol. The summed E-state index contributed by atoms with van der Waals surface area (Å²) >= 11 is 3.30. The summed E-state index contributed by atoms with van der Waals surface area (Å²) in [5.41, 5.74) is 0.668. The first kappa shape index (κ1) is 10.7. The molecule has 16 heavy (non-hydrogen) atoms. The van der Waals surface area contributed by atoms with Gasteiger partial charge in [-0.25, -0.2) is 0 Å². The lowest BCUT2D eigenvalue weighted by atomic mass is 10.2. The second kappa shape index (κ2) is 4.79. The molecule has 1 aromatic carbocycles. The van der Waals surface area contributed by atoms with E-state index in [0.29, 0.717) is 5.56 Å². The average Bonchev–Trinajstić information content (AvgIpc) is 2.76. The van der Waals surface area contributed by atoms with Crippen molar-refractivity contribution in [1.29, 1.82) is 0 Å². The van der Waals surface area contributed by atoms with Gasteiger partial charge in [-0.3, -0.25) is 0 Å². The number of aromatic nitrogens is 4. The van der Waals surface area contributed by atoms with E-state index in [1.54, 1.807) is 18.2 Å². The van der Waals surface area contributed by atoms with E-state index in [1.807, 2.05) is 0 Å². The molecule has 7 nitrogen and oxygen atoms in total. The van der Waals surface area contributed by atoms with Gasteiger partial charge >= 0.3 is 5.95 Å². The van der Waals surface area contributed by atoms with Gasteiger partial charge in [0.25, 0.3) is 0 Å². The first-order chi connectivity index (χ1) is 7.75. The van der Waals surface area contributed by atoms with Crippen LogP contribution in [-0.4, -0.2) is 25.7 Å². The Labute approximate surface area is 98.7 Å². The Hall–Kier alpha value is -1.83. The number of nitrogens with zero attached hydrogens (tertiary/aromatic N) is 5. The van der Waals surface area contributed by atoms with Crippen LogP contribution in [0.15, 0.2) is 32.9 Å². The summed E-state index contributed by atoms with van der Waals surface area (Å²) in [6.07, 6.45) is 0. The number of phenolic OH excluding ortho intramolecular Hbond substituents is 1. The van der Waals surface area contributed by atoms with E-state index >= 15 is 0 Å². The number of H-pyrrole nitrogens is 1. The fourth-order valence-corrected chi connectivity index (χ4v) is 1.46. The largest absolute Gasteiger partial charge is 0.508 e. The van der Waals surface area contributed by atoms with Gasteiger partial charge in [0.05, 0.1) is 6.54 Å². The van der Waals surface area contributed by atoms with Crippen molar-refractivity contribution in [1.82, 2.24) is 20.6 Å². The SMILES string of the molecule is Oc1ccc(Br)cc1CN=Nc1nn[nH]n1. The van der Waals surface area contributed by atoms with Crippen LogP contribution in [0.5, 0.6) is 5.75 Å². The number of rotatable bonds is 3. The molecule has 0 fully saturated rings. The lowest BCUT2D eigenvalue weighted by Gasteiger charge is -2.00. The smallest absolute Gasteiger partial charge is 0.307 e. The van der Waals surface area contributed by atoms with Crippen LogP contribution in [0.1, 0.15) is 5.56 Å². The number of tetrazole rings is 1. The van der Waals surface area contributed by atoms with Crippen molar-refractivity contribution in [3.8, 4) is 5.75 Å². The van der Waals surface area contributed by atoms with Crippen molar-refractivity contribution in [3.63, 3.8) is 0 Å². The van der Waals surface area contributed by atoms with Crippen LogP contribution in [0, 0.1) is 0 Å². The predicted octanol–water partition coefficient (Wildman–Crippen LogP) is 1.95. The van der Waals surface area contributed by atoms with E-state index in [-0.39, 0.29) is 18.2 Å². The maximum Gasteiger partial charge on any atom is 0.307 e. The van der Waals surface area contributed by atoms with Crippen LogP contribution < -0.4 is 0 Å². The highest BCUT2D eigenvalue weighted by Gasteiger charge is 2.01. The molecule has 1 heterocycles. The monoisotopic (exact) mass is 282 g/mol. The maximum atomic E-state index is 9.52. The van der Waals surface area contributed by atoms with Gasteiger partial charge in [0.15, 0.2) is 0 Å². The number of hydrogen-bond acceptors (Lipinski definition) is 6. The highest BCUT2D eigenvalue weighted by molar-refractivity contribution is 9.10. The molecule has 0 aliphatic rings. The number of benzene rings is 1. The normalized spacial score (nSPS) is 11.1. The summed E-state index contributed by atoms with van der Waals surface area (Å²) in [5, 5.41) is 29.9. The molecule has 0 amide bonds. The first-order valence-corrected chi connectivity index (χ1v) is 5.13. The summed E-state index contributed by atoms with van der Waals surface area (Å²) in [4.78, 5) is 0. The molecule has 0 bridgehead atoms. The van der Waals surface area contributed by atoms with Gasteiger partial charge in [0.2, 0.25) is 0 Å². The molecule has 0 saturated heterocycles. The third-order valence-electron chi connectivity index (χ3n) is 1.78. The van der Waals surface area contributed by atoms with Crippen molar-refractivity contribution >= 4 is 21.9 Å². The predicted molar refractivity (Wildman–Crippen MR) is 58.2 cm³/mol. The number of phenols is 1. The van der Waals surface area contributed by atoms with Crippen molar-refractivity contribution in [3.05, 3.63) is 28.2 Å². The highest BCUT2D eigenvalue weighted by atomic mass is 79.9. The molecule has 1 aromatic heterocycles. The Morgan fingerprint density at radius 2 is 2.31 bits per heavy atom. The van der Waals surface area contributed by atoms with Crippen LogP contribution in [0.25, 0.3) is 0 Å². The van der Waals surface area contributed by atoms with Gasteiger partial charge in [0.1, 0.15) is 5.75 Å². The third-order valence-corrected chi connectivity index (χ3v) is 2.27. The van der Waals surface area contributed by atoms with Crippen LogP contribution in [0.3, 0.4) is 0 Å². The number of hydrogen-bond donors (Lipinski definition) is 2. The summed E-state index contributed by atoms with van der Waals surface area (Å²) in [6.45, 7) is 0.250. The van der Waals surface area contributed by atoms with Crippen molar-refractivity contribution in [2.24, 2.45) is 10.2 Å². The minimum atomic E-state index is 0.162. The van der Waals surface area contributed by atoms with Crippen LogP contribution in [0.2, 0.25) is 0 Å². The molecule has 82 valence electrons. The van der Waals surface area contributed by atoms with Crippen LogP contribution in [0.4, 0.5) is 5.95 Å². The van der Waals surface area contributed by atoms with Gasteiger partial charge < -0.3 is 5.11 Å². The average molecular weight is 283 g/mol. The number of aromatic amines is 1. The highest BCUT2D eigenvalue weighted by Crippen LogP contribution is 2.22. The first-order valence-electron chi connectivity index (χ1n) is 4.34. The van der Waals surface area contributed by atoms with E-state index in [0.717, 1.165) is 4.47 Å². The van der Waals surface area contributed by atoms with Crippen molar-refractivity contribution in [2.75, 3.05) is 0 Å². The van der Waals surface area contributed by atoms with E-state index in [1.165, 1.54) is 0 Å². The summed E-state index contributed by atoms with van der Waals surface area (Å²) in [7, 11) is 0. The fourth-order valence-electron chi connectivity index (χ4n) is 1.05. The minimum Gasteiger partial charge on any atom is -0.508 e. The van der Waals surface area contributed by atoms with Crippen molar-refractivity contribution < 1.29 is 5.11 Å². The molecule has 0 atom stereocenters. The zero-order valence-electron chi connectivity index (χ0n) is 8.00. The molecule has 2 rings (SSSR count). The Kier molecular flexibility index (Phi) is 3.20. The molecule has 0 radical (unpaired) electrons. The topological polar surface area (TPSA) is 99.4 Å². The van der Waals surface area contributed by atoms with E-state index < -0.39 is 0 Å². The molecule has 0 saturated carbocycles. The Balaban J connectivity index is 2.07. The standard InChI is InChI=1S/C8H7BrN6O/c9-6-1-2-7(16)5(3-6)4-10-11-8-12-14-15-13-8/h1-3,16H,4H2,(H,12,13,14,15). The molecule has 2 aromatic rings. The fraction of sp³-hybridized carbons (Fsp3) is 0.125. The van der Waals surface area contributed by atoms with E-state index in [9.17, 15) is 5.11 Å². The molecule has 0 aliphatic heterocycles. The summed E-state index contributed by atoms with van der Waals surface area (Å²) < 4.78 is 0.870. The zero-order chi connectivity index (χ0) is 11.4. The van der Waals surface area contributed by atoms with E-state index in [4.69, 9.17) is 0 Å². The second-order valence-electron chi connectivity index (χ2n) is 2.88. The lowest BCUT2D eigenvalue weighted by Crippen LogP contribution is -1.82. The van der Waals surface area contributed by atoms with Gasteiger partial charge in [-0.1, -0.05) is 21.0 Å². The van der Waals surface area contributed by atoms with Gasteiger partial charge in [-0.15, -0.1) is 10.2 Å². The van der Waals surface area contributed by atoms with E-state index in [2.05, 4.69) is 46.8 Å². The Bertz CT molecular complexity index is 497. The van der Waals surface area contributed by atoms with Gasteiger partial charge in [0, 0.05) is 10.0 Å². The molecule has 0 unspecified atom stereocenters. The maximum absolute atomic E-state index is 9.52. The van der Waals surface area contributed by atoms with Crippen LogP contribution in [-0.2, 0) is 6.54 Å². The lowest BCUT2D eigenvalue weighted by molar-refractivity contribution is 0.468. The number of nitrogens with one attached hydrogen (secondary N) is 1. The number of azo groups is 1. The molecule has 2 N–H and O–H groups in total. The third kappa shape index (κ3) is 2.60. The van der Waals surface area contributed by atoms with Crippen molar-refractivity contribution in [2.45, 2.75) is 6.54 Å². The Morgan fingerprint density at radius 1 is 1.44 bits per heavy atom. The van der Waals surface area contributed by atoms with Gasteiger partial charge in [-0.2, -0.15) is 10.3 Å². The second-order valence-corrected chi connectivity index (χ2v) is 3.80.